The maximum Gasteiger partial charge on any atom is 0.318 e. The van der Waals surface area contributed by atoms with Crippen LogP contribution >= 0.6 is 0 Å². The largest absolute Gasteiger partial charge is 0.332 e. The Morgan fingerprint density at radius 1 is 1.32 bits per heavy atom. The Labute approximate surface area is 163 Å². The van der Waals surface area contributed by atoms with Crippen LogP contribution in [0.15, 0.2) is 35.7 Å². The standard InChI is InChI=1S/C19H25F3N2O3S/c1-13(9-11-28(3,26)27)23-18(25)24-10-8-15(19(2,21)22)12-17(24)14-4-6-16(20)7-5-14/h4-7,9,11,13,15,17H,8,10,12H2,1-3H3,(H,23,25)/b11-9+/t13?,15-,17+/m1/s1. The van der Waals surface area contributed by atoms with Crippen molar-refractivity contribution in [2.75, 3.05) is 12.8 Å². The summed E-state index contributed by atoms with van der Waals surface area (Å²) in [6.07, 6.45) is 2.57. The van der Waals surface area contributed by atoms with Crippen molar-refractivity contribution in [1.82, 2.24) is 10.2 Å². The van der Waals surface area contributed by atoms with Gasteiger partial charge < -0.3 is 10.2 Å². The van der Waals surface area contributed by atoms with E-state index in [2.05, 4.69) is 5.32 Å². The Bertz CT molecular complexity index is 820. The number of hydrogen-bond donors (Lipinski definition) is 1. The van der Waals surface area contributed by atoms with E-state index in [0.717, 1.165) is 18.6 Å². The summed E-state index contributed by atoms with van der Waals surface area (Å²) in [5.41, 5.74) is 0.574. The first-order valence-corrected chi connectivity index (χ1v) is 10.9. The summed E-state index contributed by atoms with van der Waals surface area (Å²) in [6, 6.07) is 3.76. The van der Waals surface area contributed by atoms with Crippen molar-refractivity contribution in [2.24, 2.45) is 5.92 Å². The van der Waals surface area contributed by atoms with Gasteiger partial charge in [-0.3, -0.25) is 0 Å². The van der Waals surface area contributed by atoms with Crippen LogP contribution in [0.25, 0.3) is 0 Å². The van der Waals surface area contributed by atoms with Crippen LogP contribution in [-0.2, 0) is 9.84 Å². The zero-order valence-electron chi connectivity index (χ0n) is 16.0. The Morgan fingerprint density at radius 2 is 1.93 bits per heavy atom. The van der Waals surface area contributed by atoms with Crippen LogP contribution in [0, 0.1) is 11.7 Å². The molecule has 2 rings (SSSR count). The molecule has 28 heavy (non-hydrogen) atoms. The van der Waals surface area contributed by atoms with E-state index < -0.39 is 45.6 Å². The smallest absolute Gasteiger partial charge is 0.318 e. The summed E-state index contributed by atoms with van der Waals surface area (Å²) in [4.78, 5) is 14.2. The minimum atomic E-state index is -3.33. The lowest BCUT2D eigenvalue weighted by Crippen LogP contribution is -2.50. The molecule has 1 N–H and O–H groups in total. The second-order valence-corrected chi connectivity index (χ2v) is 9.27. The summed E-state index contributed by atoms with van der Waals surface area (Å²) in [5.74, 6) is -4.23. The second-order valence-electron chi connectivity index (χ2n) is 7.33. The van der Waals surface area contributed by atoms with Crippen LogP contribution in [0.2, 0.25) is 0 Å². The van der Waals surface area contributed by atoms with E-state index in [4.69, 9.17) is 0 Å². The first kappa shape index (κ1) is 22.3. The maximum atomic E-state index is 13.9. The van der Waals surface area contributed by atoms with Gasteiger partial charge in [0.2, 0.25) is 5.92 Å². The topological polar surface area (TPSA) is 66.5 Å². The van der Waals surface area contributed by atoms with Gasteiger partial charge in [0.15, 0.2) is 9.84 Å². The summed E-state index contributed by atoms with van der Waals surface area (Å²) in [7, 11) is -3.33. The number of carbonyl (C=O) groups excluding carboxylic acids is 1. The molecular formula is C19H25F3N2O3S. The molecule has 1 aromatic carbocycles. The minimum Gasteiger partial charge on any atom is -0.332 e. The van der Waals surface area contributed by atoms with E-state index in [9.17, 15) is 26.4 Å². The molecule has 9 heteroatoms. The molecule has 156 valence electrons. The van der Waals surface area contributed by atoms with Gasteiger partial charge in [0, 0.05) is 30.2 Å². The van der Waals surface area contributed by atoms with Gasteiger partial charge in [-0.15, -0.1) is 0 Å². The van der Waals surface area contributed by atoms with E-state index in [0.29, 0.717) is 5.56 Å². The average molecular weight is 418 g/mol. The van der Waals surface area contributed by atoms with Gasteiger partial charge >= 0.3 is 6.03 Å². The molecule has 1 aromatic rings. The molecule has 0 aromatic heterocycles. The third-order valence-electron chi connectivity index (χ3n) is 4.80. The molecule has 0 saturated carbocycles. The first-order valence-electron chi connectivity index (χ1n) is 8.95. The molecule has 1 unspecified atom stereocenters. The fourth-order valence-electron chi connectivity index (χ4n) is 3.26. The lowest BCUT2D eigenvalue weighted by atomic mass is 9.84. The van der Waals surface area contributed by atoms with Crippen LogP contribution in [0.5, 0.6) is 0 Å². The van der Waals surface area contributed by atoms with Crippen molar-refractivity contribution in [3.8, 4) is 0 Å². The highest BCUT2D eigenvalue weighted by atomic mass is 32.2. The van der Waals surface area contributed by atoms with Crippen LogP contribution in [-0.4, -0.2) is 44.1 Å². The van der Waals surface area contributed by atoms with Gasteiger partial charge in [-0.2, -0.15) is 0 Å². The number of urea groups is 1. The van der Waals surface area contributed by atoms with Crippen LogP contribution in [0.1, 0.15) is 38.3 Å². The van der Waals surface area contributed by atoms with E-state index in [-0.39, 0.29) is 19.4 Å². The summed E-state index contributed by atoms with van der Waals surface area (Å²) >= 11 is 0. The fourth-order valence-corrected chi connectivity index (χ4v) is 3.78. The van der Waals surface area contributed by atoms with Crippen molar-refractivity contribution in [3.63, 3.8) is 0 Å². The molecule has 1 heterocycles. The van der Waals surface area contributed by atoms with Crippen molar-refractivity contribution in [1.29, 1.82) is 0 Å². The minimum absolute atomic E-state index is 0.0517. The summed E-state index contributed by atoms with van der Waals surface area (Å²) < 4.78 is 63.4. The number of piperidine rings is 1. The van der Waals surface area contributed by atoms with Crippen LogP contribution < -0.4 is 5.32 Å². The third-order valence-corrected chi connectivity index (χ3v) is 5.45. The molecule has 0 spiro atoms. The van der Waals surface area contributed by atoms with E-state index in [1.54, 1.807) is 6.92 Å². The first-order chi connectivity index (χ1) is 12.9. The van der Waals surface area contributed by atoms with Crippen molar-refractivity contribution in [3.05, 3.63) is 47.1 Å². The molecule has 1 aliphatic heterocycles. The SMILES string of the molecule is CC(/C=C/S(C)(=O)=O)NC(=O)N1CC[C@@H](C(C)(F)F)C[C@H]1c1ccc(F)cc1. The number of likely N-dealkylation sites (tertiary alicyclic amines) is 1. The van der Waals surface area contributed by atoms with Crippen LogP contribution in [0.4, 0.5) is 18.0 Å². The normalized spacial score (nSPS) is 22.3. The number of rotatable bonds is 5. The highest BCUT2D eigenvalue weighted by molar-refractivity contribution is 7.93. The number of alkyl halides is 2. The van der Waals surface area contributed by atoms with Gasteiger partial charge in [0.05, 0.1) is 6.04 Å². The molecular weight excluding hydrogens is 393 g/mol. The predicted octanol–water partition coefficient (Wildman–Crippen LogP) is 3.89. The number of sulfone groups is 1. The Balaban J connectivity index is 2.21. The van der Waals surface area contributed by atoms with E-state index >= 15 is 0 Å². The predicted molar refractivity (Wildman–Crippen MR) is 101 cm³/mol. The average Bonchev–Trinajstić information content (AvgIpc) is 2.59. The number of benzene rings is 1. The van der Waals surface area contributed by atoms with Gasteiger partial charge in [-0.1, -0.05) is 18.2 Å². The number of nitrogens with zero attached hydrogens (tertiary/aromatic N) is 1. The van der Waals surface area contributed by atoms with Crippen LogP contribution in [0.3, 0.4) is 0 Å². The van der Waals surface area contributed by atoms with E-state index in [1.807, 2.05) is 0 Å². The number of halogens is 3. The number of carbonyl (C=O) groups is 1. The van der Waals surface area contributed by atoms with Gasteiger partial charge in [-0.25, -0.2) is 26.4 Å². The van der Waals surface area contributed by atoms with Crippen molar-refractivity contribution >= 4 is 15.9 Å². The molecule has 1 aliphatic rings. The summed E-state index contributed by atoms with van der Waals surface area (Å²) in [5, 5.41) is 3.66. The zero-order chi connectivity index (χ0) is 21.1. The molecule has 1 saturated heterocycles. The Kier molecular flexibility index (Phi) is 6.80. The van der Waals surface area contributed by atoms with Gasteiger partial charge in [-0.05, 0) is 44.4 Å². The van der Waals surface area contributed by atoms with Crippen molar-refractivity contribution < 1.29 is 26.4 Å². The highest BCUT2D eigenvalue weighted by Crippen LogP contribution is 2.41. The third kappa shape index (κ3) is 6.25. The zero-order valence-corrected chi connectivity index (χ0v) is 16.8. The monoisotopic (exact) mass is 418 g/mol. The Hall–Kier alpha value is -2.03. The second kappa shape index (κ2) is 8.55. The number of amides is 2. The number of nitrogens with one attached hydrogen (secondary N) is 1. The van der Waals surface area contributed by atoms with Gasteiger partial charge in [0.1, 0.15) is 5.82 Å². The lowest BCUT2D eigenvalue weighted by molar-refractivity contribution is -0.0686. The lowest BCUT2D eigenvalue weighted by Gasteiger charge is -2.41. The Morgan fingerprint density at radius 3 is 2.46 bits per heavy atom. The molecule has 0 aliphatic carbocycles. The fraction of sp³-hybridized carbons (Fsp3) is 0.526. The van der Waals surface area contributed by atoms with E-state index in [1.165, 1.54) is 35.2 Å². The molecule has 3 atom stereocenters. The molecule has 5 nitrogen and oxygen atoms in total. The maximum absolute atomic E-state index is 13.9. The van der Waals surface area contributed by atoms with Gasteiger partial charge in [0.25, 0.3) is 0 Å². The molecule has 2 amide bonds. The molecule has 1 fully saturated rings. The highest BCUT2D eigenvalue weighted by Gasteiger charge is 2.42. The quantitative estimate of drug-likeness (QED) is 0.789. The molecule has 0 bridgehead atoms. The molecule has 0 radical (unpaired) electrons. The summed E-state index contributed by atoms with van der Waals surface area (Å²) in [6.45, 7) is 2.59. The van der Waals surface area contributed by atoms with Crippen molar-refractivity contribution in [2.45, 2.75) is 44.7 Å². The number of hydrogen-bond acceptors (Lipinski definition) is 3.